The van der Waals surface area contributed by atoms with Gasteiger partial charge in [0.05, 0.1) is 17.4 Å². The summed E-state index contributed by atoms with van der Waals surface area (Å²) in [6.07, 6.45) is 3.16. The number of para-hydroxylation sites is 2. The molecule has 132 valence electrons. The molecule has 2 aromatic heterocycles. The van der Waals surface area contributed by atoms with E-state index in [0.717, 1.165) is 11.4 Å². The van der Waals surface area contributed by atoms with Crippen molar-refractivity contribution in [2.45, 2.75) is 20.0 Å². The largest absolute Gasteiger partial charge is 0.489 e. The molecule has 26 heavy (non-hydrogen) atoms. The quantitative estimate of drug-likeness (QED) is 0.706. The molecule has 0 spiro atoms. The monoisotopic (exact) mass is 349 g/mol. The van der Waals surface area contributed by atoms with Gasteiger partial charge in [-0.25, -0.2) is 0 Å². The van der Waals surface area contributed by atoms with Gasteiger partial charge in [0, 0.05) is 12.4 Å². The Labute approximate surface area is 151 Å². The van der Waals surface area contributed by atoms with Crippen molar-refractivity contribution in [2.24, 2.45) is 0 Å². The van der Waals surface area contributed by atoms with E-state index in [1.807, 2.05) is 38.1 Å². The number of carbonyl (C=O) groups excluding carboxylic acids is 1. The minimum Gasteiger partial charge on any atom is -0.489 e. The van der Waals surface area contributed by atoms with Crippen LogP contribution < -0.4 is 15.4 Å². The zero-order chi connectivity index (χ0) is 18.4. The molecule has 0 unspecified atom stereocenters. The molecular formula is C19H19N5O2. The Balaban J connectivity index is 1.68. The lowest BCUT2D eigenvalue weighted by Gasteiger charge is -2.14. The Morgan fingerprint density at radius 1 is 1.00 bits per heavy atom. The maximum atomic E-state index is 12.1. The molecule has 0 bridgehead atoms. The van der Waals surface area contributed by atoms with Gasteiger partial charge in [0.1, 0.15) is 5.75 Å². The zero-order valence-corrected chi connectivity index (χ0v) is 14.5. The molecule has 2 heterocycles. The molecular weight excluding hydrogens is 330 g/mol. The van der Waals surface area contributed by atoms with E-state index >= 15 is 0 Å². The number of nitrogens with zero attached hydrogens (tertiary/aromatic N) is 3. The molecule has 0 saturated heterocycles. The number of anilines is 3. The van der Waals surface area contributed by atoms with Crippen LogP contribution in [0.5, 0.6) is 5.75 Å². The van der Waals surface area contributed by atoms with Gasteiger partial charge in [0.25, 0.3) is 5.91 Å². The highest BCUT2D eigenvalue weighted by molar-refractivity contribution is 6.03. The average Bonchev–Trinajstić information content (AvgIpc) is 2.65. The van der Waals surface area contributed by atoms with Crippen LogP contribution in [-0.2, 0) is 0 Å². The van der Waals surface area contributed by atoms with Crippen molar-refractivity contribution in [1.29, 1.82) is 0 Å². The molecule has 7 heteroatoms. The van der Waals surface area contributed by atoms with Crippen molar-refractivity contribution in [1.82, 2.24) is 15.2 Å². The van der Waals surface area contributed by atoms with E-state index in [1.54, 1.807) is 30.5 Å². The second kappa shape index (κ2) is 8.06. The Morgan fingerprint density at radius 3 is 2.46 bits per heavy atom. The maximum Gasteiger partial charge on any atom is 0.258 e. The van der Waals surface area contributed by atoms with Crippen LogP contribution in [0.3, 0.4) is 0 Å². The van der Waals surface area contributed by atoms with Crippen molar-refractivity contribution >= 4 is 23.2 Å². The summed E-state index contributed by atoms with van der Waals surface area (Å²) in [6, 6.07) is 14.4. The maximum absolute atomic E-state index is 12.1. The standard InChI is InChI=1S/C19H19N5O2/c1-13(2)26-16-8-4-3-7-15(16)21-17-9-10-18(24-23-17)22-19(25)14-6-5-11-20-12-14/h3-13H,1-2H3,(H,21,23)(H,22,24,25). The summed E-state index contributed by atoms with van der Waals surface area (Å²) in [7, 11) is 0. The lowest BCUT2D eigenvalue weighted by Crippen LogP contribution is -2.13. The summed E-state index contributed by atoms with van der Waals surface area (Å²) in [4.78, 5) is 16.0. The summed E-state index contributed by atoms with van der Waals surface area (Å²) in [5, 5.41) is 14.0. The van der Waals surface area contributed by atoms with Gasteiger partial charge in [-0.1, -0.05) is 12.1 Å². The van der Waals surface area contributed by atoms with Crippen molar-refractivity contribution in [3.63, 3.8) is 0 Å². The lowest BCUT2D eigenvalue weighted by molar-refractivity contribution is 0.102. The molecule has 0 aliphatic rings. The number of ether oxygens (including phenoxy) is 1. The van der Waals surface area contributed by atoms with Crippen molar-refractivity contribution < 1.29 is 9.53 Å². The molecule has 0 aliphatic carbocycles. The molecule has 3 rings (SSSR count). The minimum absolute atomic E-state index is 0.0640. The van der Waals surface area contributed by atoms with Crippen LogP contribution in [0, 0.1) is 0 Å². The summed E-state index contributed by atoms with van der Waals surface area (Å²) in [5.74, 6) is 1.35. The summed E-state index contributed by atoms with van der Waals surface area (Å²) >= 11 is 0. The van der Waals surface area contributed by atoms with Gasteiger partial charge < -0.3 is 15.4 Å². The van der Waals surface area contributed by atoms with E-state index in [1.165, 1.54) is 6.20 Å². The number of carbonyl (C=O) groups is 1. The minimum atomic E-state index is -0.288. The van der Waals surface area contributed by atoms with E-state index in [-0.39, 0.29) is 12.0 Å². The normalized spacial score (nSPS) is 10.4. The zero-order valence-electron chi connectivity index (χ0n) is 14.5. The topological polar surface area (TPSA) is 89.0 Å². The molecule has 0 saturated carbocycles. The van der Waals surface area contributed by atoms with E-state index in [0.29, 0.717) is 17.2 Å². The van der Waals surface area contributed by atoms with Crippen LogP contribution in [-0.4, -0.2) is 27.2 Å². The smallest absolute Gasteiger partial charge is 0.258 e. The fourth-order valence-corrected chi connectivity index (χ4v) is 2.22. The van der Waals surface area contributed by atoms with E-state index in [9.17, 15) is 4.79 Å². The first-order valence-electron chi connectivity index (χ1n) is 8.19. The van der Waals surface area contributed by atoms with Crippen LogP contribution in [0.25, 0.3) is 0 Å². The Kier molecular flexibility index (Phi) is 5.38. The van der Waals surface area contributed by atoms with E-state index in [2.05, 4.69) is 25.8 Å². The van der Waals surface area contributed by atoms with Gasteiger partial charge in [0.15, 0.2) is 11.6 Å². The van der Waals surface area contributed by atoms with Crippen molar-refractivity contribution in [3.8, 4) is 5.75 Å². The molecule has 7 nitrogen and oxygen atoms in total. The Hall–Kier alpha value is -3.48. The number of pyridine rings is 1. The number of hydrogen-bond donors (Lipinski definition) is 2. The van der Waals surface area contributed by atoms with E-state index in [4.69, 9.17) is 4.74 Å². The number of benzene rings is 1. The molecule has 3 aromatic rings. The first kappa shape index (κ1) is 17.3. The number of nitrogens with one attached hydrogen (secondary N) is 2. The third kappa shape index (κ3) is 4.54. The van der Waals surface area contributed by atoms with Crippen molar-refractivity contribution in [3.05, 3.63) is 66.5 Å². The summed E-state index contributed by atoms with van der Waals surface area (Å²) in [5.41, 5.74) is 1.25. The first-order chi connectivity index (χ1) is 12.6. The number of aromatic nitrogens is 3. The lowest BCUT2D eigenvalue weighted by atomic mass is 10.2. The fraction of sp³-hybridized carbons (Fsp3) is 0.158. The van der Waals surface area contributed by atoms with Gasteiger partial charge >= 0.3 is 0 Å². The third-order valence-electron chi connectivity index (χ3n) is 3.34. The Morgan fingerprint density at radius 2 is 1.77 bits per heavy atom. The van der Waals surface area contributed by atoms with Crippen LogP contribution in [0.1, 0.15) is 24.2 Å². The van der Waals surface area contributed by atoms with Gasteiger partial charge in [-0.2, -0.15) is 0 Å². The molecule has 1 aromatic carbocycles. The van der Waals surface area contributed by atoms with Crippen molar-refractivity contribution in [2.75, 3.05) is 10.6 Å². The van der Waals surface area contributed by atoms with Crippen LogP contribution in [0.2, 0.25) is 0 Å². The van der Waals surface area contributed by atoms with Crippen LogP contribution in [0.4, 0.5) is 17.3 Å². The number of rotatable bonds is 6. The van der Waals surface area contributed by atoms with E-state index < -0.39 is 0 Å². The fourth-order valence-electron chi connectivity index (χ4n) is 2.22. The average molecular weight is 349 g/mol. The second-order valence-corrected chi connectivity index (χ2v) is 5.79. The molecule has 0 fully saturated rings. The SMILES string of the molecule is CC(C)Oc1ccccc1Nc1ccc(NC(=O)c2cccnc2)nn1. The predicted octanol–water partition coefficient (Wildman–Crippen LogP) is 3.65. The molecule has 0 aliphatic heterocycles. The van der Waals surface area contributed by atoms with Gasteiger partial charge in [-0.3, -0.25) is 9.78 Å². The molecule has 1 amide bonds. The molecule has 0 atom stereocenters. The van der Waals surface area contributed by atoms with Crippen LogP contribution >= 0.6 is 0 Å². The van der Waals surface area contributed by atoms with Gasteiger partial charge in [-0.05, 0) is 50.2 Å². The molecule has 2 N–H and O–H groups in total. The highest BCUT2D eigenvalue weighted by atomic mass is 16.5. The summed E-state index contributed by atoms with van der Waals surface area (Å²) < 4.78 is 5.77. The van der Waals surface area contributed by atoms with Crippen LogP contribution in [0.15, 0.2) is 60.9 Å². The summed E-state index contributed by atoms with van der Waals surface area (Å²) in [6.45, 7) is 3.94. The number of amides is 1. The highest BCUT2D eigenvalue weighted by Gasteiger charge is 2.09. The second-order valence-electron chi connectivity index (χ2n) is 5.79. The van der Waals surface area contributed by atoms with Gasteiger partial charge in [0.2, 0.25) is 0 Å². The number of hydrogen-bond acceptors (Lipinski definition) is 6. The Bertz CT molecular complexity index is 867. The first-order valence-corrected chi connectivity index (χ1v) is 8.19. The van der Waals surface area contributed by atoms with Gasteiger partial charge in [-0.15, -0.1) is 10.2 Å². The predicted molar refractivity (Wildman–Crippen MR) is 99.7 cm³/mol. The highest BCUT2D eigenvalue weighted by Crippen LogP contribution is 2.27. The molecule has 0 radical (unpaired) electrons. The third-order valence-corrected chi connectivity index (χ3v) is 3.34.